The minimum Gasteiger partial charge on any atom is -0.382 e. The molecule has 0 saturated heterocycles. The first-order valence-corrected chi connectivity index (χ1v) is 5.47. The Bertz CT molecular complexity index is 274. The zero-order valence-electron chi connectivity index (χ0n) is 9.52. The lowest BCUT2D eigenvalue weighted by atomic mass is 10.1. The highest BCUT2D eigenvalue weighted by Crippen LogP contribution is 2.01. The second kappa shape index (κ2) is 6.53. The molecule has 0 aromatic carbocycles. The molecule has 1 aromatic rings. The molecule has 1 heterocycles. The number of hydrogen-bond donors (Lipinski definition) is 1. The van der Waals surface area contributed by atoms with Gasteiger partial charge in [0, 0.05) is 32.2 Å². The van der Waals surface area contributed by atoms with Crippen LogP contribution in [0.25, 0.3) is 0 Å². The lowest BCUT2D eigenvalue weighted by molar-refractivity contribution is 0.139. The van der Waals surface area contributed by atoms with Gasteiger partial charge in [0.15, 0.2) is 0 Å². The van der Waals surface area contributed by atoms with Gasteiger partial charge in [-0.15, -0.1) is 0 Å². The molecule has 86 valence electrons. The van der Waals surface area contributed by atoms with Crippen molar-refractivity contribution in [3.63, 3.8) is 0 Å². The van der Waals surface area contributed by atoms with Crippen LogP contribution in [0, 0.1) is 0 Å². The van der Waals surface area contributed by atoms with Crippen molar-refractivity contribution < 1.29 is 4.74 Å². The fourth-order valence-electron chi connectivity index (χ4n) is 1.43. The van der Waals surface area contributed by atoms with Crippen LogP contribution in [0.4, 0.5) is 0 Å². The van der Waals surface area contributed by atoms with Crippen molar-refractivity contribution in [1.29, 1.82) is 0 Å². The van der Waals surface area contributed by atoms with Gasteiger partial charge < -0.3 is 10.5 Å². The van der Waals surface area contributed by atoms with Gasteiger partial charge in [0.2, 0.25) is 0 Å². The second-order valence-corrected chi connectivity index (χ2v) is 3.44. The lowest BCUT2D eigenvalue weighted by Gasteiger charge is -2.11. The molecule has 0 aliphatic heterocycles. The first kappa shape index (κ1) is 12.1. The van der Waals surface area contributed by atoms with Crippen LogP contribution in [0.1, 0.15) is 26.1 Å². The van der Waals surface area contributed by atoms with E-state index in [9.17, 15) is 0 Å². The van der Waals surface area contributed by atoms with Gasteiger partial charge in [-0.2, -0.15) is 5.10 Å². The third kappa shape index (κ3) is 3.97. The molecule has 0 fully saturated rings. The molecule has 15 heavy (non-hydrogen) atoms. The van der Waals surface area contributed by atoms with Crippen LogP contribution in [-0.4, -0.2) is 34.0 Å². The zero-order chi connectivity index (χ0) is 11.1. The molecule has 0 amide bonds. The zero-order valence-corrected chi connectivity index (χ0v) is 9.52. The largest absolute Gasteiger partial charge is 0.382 e. The van der Waals surface area contributed by atoms with Gasteiger partial charge in [0.1, 0.15) is 12.2 Å². The molecular weight excluding hydrogens is 192 g/mol. The fraction of sp³-hybridized carbons (Fsp3) is 0.800. The van der Waals surface area contributed by atoms with Gasteiger partial charge in [-0.3, -0.25) is 4.68 Å². The Balaban J connectivity index is 2.33. The average molecular weight is 212 g/mol. The third-order valence-corrected chi connectivity index (χ3v) is 2.28. The molecule has 1 rings (SSSR count). The molecule has 1 aromatic heterocycles. The number of aryl methyl sites for hydroxylation is 1. The van der Waals surface area contributed by atoms with Gasteiger partial charge in [0.25, 0.3) is 0 Å². The van der Waals surface area contributed by atoms with Crippen LogP contribution >= 0.6 is 0 Å². The van der Waals surface area contributed by atoms with Crippen LogP contribution in [0.2, 0.25) is 0 Å². The quantitative estimate of drug-likeness (QED) is 0.672. The number of ether oxygens (including phenoxy) is 1. The minimum atomic E-state index is 0.103. The average Bonchev–Trinajstić information content (AvgIpc) is 2.65. The summed E-state index contributed by atoms with van der Waals surface area (Å²) < 4.78 is 7.13. The smallest absolute Gasteiger partial charge is 0.138 e. The predicted octanol–water partition coefficient (Wildman–Crippen LogP) is 0.594. The molecule has 1 atom stereocenters. The maximum atomic E-state index is 5.97. The van der Waals surface area contributed by atoms with E-state index in [0.717, 1.165) is 38.4 Å². The summed E-state index contributed by atoms with van der Waals surface area (Å²) in [5.74, 6) is 0.960. The van der Waals surface area contributed by atoms with Crippen LogP contribution in [-0.2, 0) is 17.7 Å². The summed E-state index contributed by atoms with van der Waals surface area (Å²) in [6.07, 6.45) is 3.21. The third-order valence-electron chi connectivity index (χ3n) is 2.28. The first-order valence-electron chi connectivity index (χ1n) is 5.47. The van der Waals surface area contributed by atoms with Crippen molar-refractivity contribution in [3.8, 4) is 0 Å². The van der Waals surface area contributed by atoms with Gasteiger partial charge in [-0.05, 0) is 20.3 Å². The molecule has 5 nitrogen and oxygen atoms in total. The molecular formula is C10H20N4O. The Morgan fingerprint density at radius 2 is 2.33 bits per heavy atom. The van der Waals surface area contributed by atoms with E-state index in [2.05, 4.69) is 10.1 Å². The van der Waals surface area contributed by atoms with Crippen molar-refractivity contribution in [2.45, 2.75) is 39.3 Å². The standard InChI is InChI=1S/C10H20N4O/c1-3-14-10(12-8-13-14)7-9(11)5-6-15-4-2/h8-9H,3-7,11H2,1-2H3. The lowest BCUT2D eigenvalue weighted by Crippen LogP contribution is -2.26. The molecule has 0 aliphatic rings. The summed E-state index contributed by atoms with van der Waals surface area (Å²) >= 11 is 0. The Hall–Kier alpha value is -0.940. The fourth-order valence-corrected chi connectivity index (χ4v) is 1.43. The van der Waals surface area contributed by atoms with Gasteiger partial charge >= 0.3 is 0 Å². The van der Waals surface area contributed by atoms with Gasteiger partial charge in [-0.25, -0.2) is 4.98 Å². The Labute approximate surface area is 90.6 Å². The second-order valence-electron chi connectivity index (χ2n) is 3.44. The van der Waals surface area contributed by atoms with E-state index in [1.807, 2.05) is 18.5 Å². The van der Waals surface area contributed by atoms with E-state index in [4.69, 9.17) is 10.5 Å². The van der Waals surface area contributed by atoms with Gasteiger partial charge in [-0.1, -0.05) is 0 Å². The van der Waals surface area contributed by atoms with Crippen molar-refractivity contribution in [2.75, 3.05) is 13.2 Å². The topological polar surface area (TPSA) is 66.0 Å². The first-order chi connectivity index (χ1) is 7.27. The molecule has 0 aliphatic carbocycles. The molecule has 0 radical (unpaired) electrons. The highest BCUT2D eigenvalue weighted by atomic mass is 16.5. The van der Waals surface area contributed by atoms with Crippen molar-refractivity contribution >= 4 is 0 Å². The summed E-state index contributed by atoms with van der Waals surface area (Å²) in [6, 6.07) is 0.103. The Morgan fingerprint density at radius 1 is 1.53 bits per heavy atom. The number of aromatic nitrogens is 3. The monoisotopic (exact) mass is 212 g/mol. The molecule has 5 heteroatoms. The summed E-state index contributed by atoms with van der Waals surface area (Å²) in [7, 11) is 0. The van der Waals surface area contributed by atoms with E-state index in [0.29, 0.717) is 0 Å². The summed E-state index contributed by atoms with van der Waals surface area (Å²) in [4.78, 5) is 4.19. The molecule has 0 saturated carbocycles. The molecule has 2 N–H and O–H groups in total. The molecule has 0 bridgehead atoms. The summed E-state index contributed by atoms with van der Waals surface area (Å²) in [5, 5.41) is 4.10. The summed E-state index contributed by atoms with van der Waals surface area (Å²) in [5.41, 5.74) is 5.97. The minimum absolute atomic E-state index is 0.103. The van der Waals surface area contributed by atoms with E-state index in [-0.39, 0.29) is 6.04 Å². The van der Waals surface area contributed by atoms with E-state index >= 15 is 0 Å². The number of hydrogen-bond acceptors (Lipinski definition) is 4. The van der Waals surface area contributed by atoms with Crippen molar-refractivity contribution in [2.24, 2.45) is 5.73 Å². The maximum absolute atomic E-state index is 5.97. The number of nitrogens with zero attached hydrogens (tertiary/aromatic N) is 3. The highest BCUT2D eigenvalue weighted by Gasteiger charge is 2.08. The Morgan fingerprint density at radius 3 is 3.00 bits per heavy atom. The maximum Gasteiger partial charge on any atom is 0.138 e. The van der Waals surface area contributed by atoms with Crippen LogP contribution in [0.5, 0.6) is 0 Å². The van der Waals surface area contributed by atoms with Crippen LogP contribution in [0.15, 0.2) is 6.33 Å². The van der Waals surface area contributed by atoms with E-state index in [1.54, 1.807) is 6.33 Å². The van der Waals surface area contributed by atoms with E-state index < -0.39 is 0 Å². The van der Waals surface area contributed by atoms with Gasteiger partial charge in [0.05, 0.1) is 0 Å². The number of nitrogens with two attached hydrogens (primary N) is 1. The van der Waals surface area contributed by atoms with E-state index in [1.165, 1.54) is 0 Å². The van der Waals surface area contributed by atoms with Crippen molar-refractivity contribution in [3.05, 3.63) is 12.2 Å². The predicted molar refractivity (Wildman–Crippen MR) is 58.5 cm³/mol. The SMILES string of the molecule is CCOCCC(N)Cc1ncnn1CC. The summed E-state index contributed by atoms with van der Waals surface area (Å²) in [6.45, 7) is 6.34. The Kier molecular flexibility index (Phi) is 5.28. The van der Waals surface area contributed by atoms with Crippen LogP contribution in [0.3, 0.4) is 0 Å². The molecule has 0 spiro atoms. The van der Waals surface area contributed by atoms with Crippen molar-refractivity contribution in [1.82, 2.24) is 14.8 Å². The number of rotatable bonds is 7. The highest BCUT2D eigenvalue weighted by molar-refractivity contribution is 4.88. The van der Waals surface area contributed by atoms with Crippen LogP contribution < -0.4 is 5.73 Å². The normalized spacial score (nSPS) is 13.0. The molecule has 1 unspecified atom stereocenters.